The smallest absolute Gasteiger partial charge is 0.225 e. The average Bonchev–Trinajstić information content (AvgIpc) is 3.38. The van der Waals surface area contributed by atoms with E-state index in [1.807, 2.05) is 30.9 Å². The molecule has 0 aromatic carbocycles. The Kier molecular flexibility index (Phi) is 5.93. The summed E-state index contributed by atoms with van der Waals surface area (Å²) in [7, 11) is 1.98. The Morgan fingerprint density at radius 3 is 2.53 bits per heavy atom. The molecule has 9 nitrogen and oxygen atoms in total. The Balaban J connectivity index is 1.36. The molecule has 0 atom stereocenters. The zero-order chi connectivity index (χ0) is 22.1. The SMILES string of the molecule is Cc1cc(-c2cnc(N3CCOCC3)nc2C2CCN(Cc3cn(C)nc3C)CC2)on1. The molecule has 0 spiro atoms. The minimum atomic E-state index is 0.365. The van der Waals surface area contributed by atoms with Gasteiger partial charge < -0.3 is 14.2 Å². The van der Waals surface area contributed by atoms with Gasteiger partial charge in [-0.25, -0.2) is 9.97 Å². The predicted octanol–water partition coefficient (Wildman–Crippen LogP) is 2.70. The summed E-state index contributed by atoms with van der Waals surface area (Å²) in [6, 6.07) is 1.97. The van der Waals surface area contributed by atoms with Gasteiger partial charge in [-0.2, -0.15) is 5.10 Å². The molecule has 0 unspecified atom stereocenters. The molecule has 170 valence electrons. The first-order valence-corrected chi connectivity index (χ1v) is 11.4. The fourth-order valence-corrected chi connectivity index (χ4v) is 4.70. The third-order valence-corrected chi connectivity index (χ3v) is 6.48. The lowest BCUT2D eigenvalue weighted by atomic mass is 9.90. The van der Waals surface area contributed by atoms with E-state index in [0.29, 0.717) is 19.1 Å². The molecule has 2 aliphatic rings. The first-order chi connectivity index (χ1) is 15.6. The number of anilines is 1. The minimum Gasteiger partial charge on any atom is -0.378 e. The summed E-state index contributed by atoms with van der Waals surface area (Å²) in [6.45, 7) is 10.1. The van der Waals surface area contributed by atoms with Gasteiger partial charge in [0, 0.05) is 56.6 Å². The zero-order valence-electron chi connectivity index (χ0n) is 19.1. The van der Waals surface area contributed by atoms with Crippen LogP contribution in [0.15, 0.2) is 23.0 Å². The van der Waals surface area contributed by atoms with Crippen LogP contribution in [0.5, 0.6) is 0 Å². The molecule has 0 radical (unpaired) electrons. The maximum absolute atomic E-state index is 5.60. The van der Waals surface area contributed by atoms with Crippen molar-refractivity contribution in [2.24, 2.45) is 7.05 Å². The lowest BCUT2D eigenvalue weighted by Gasteiger charge is -2.33. The molecule has 0 aliphatic carbocycles. The van der Waals surface area contributed by atoms with Crippen molar-refractivity contribution in [3.63, 3.8) is 0 Å². The van der Waals surface area contributed by atoms with E-state index >= 15 is 0 Å². The summed E-state index contributed by atoms with van der Waals surface area (Å²) in [6.07, 6.45) is 6.15. The second-order valence-electron chi connectivity index (χ2n) is 8.86. The Hall–Kier alpha value is -2.78. The van der Waals surface area contributed by atoms with Gasteiger partial charge >= 0.3 is 0 Å². The molecule has 0 N–H and O–H groups in total. The van der Waals surface area contributed by atoms with Gasteiger partial charge in [0.25, 0.3) is 0 Å². The van der Waals surface area contributed by atoms with E-state index in [1.165, 1.54) is 5.56 Å². The Morgan fingerprint density at radius 2 is 1.88 bits per heavy atom. The van der Waals surface area contributed by atoms with Crippen molar-refractivity contribution >= 4 is 5.95 Å². The van der Waals surface area contributed by atoms with Crippen LogP contribution in [-0.2, 0) is 18.3 Å². The Bertz CT molecular complexity index is 1060. The van der Waals surface area contributed by atoms with Crippen molar-refractivity contribution in [3.8, 4) is 11.3 Å². The van der Waals surface area contributed by atoms with Crippen LogP contribution in [-0.4, -0.2) is 69.2 Å². The fraction of sp³-hybridized carbons (Fsp3) is 0.565. The predicted molar refractivity (Wildman–Crippen MR) is 120 cm³/mol. The van der Waals surface area contributed by atoms with Crippen molar-refractivity contribution in [1.29, 1.82) is 0 Å². The standard InChI is InChI=1S/C23H31N7O2/c1-16-12-21(32-27-16)20-13-24-23(30-8-10-31-11-9-30)25-22(20)18-4-6-29(7-5-18)15-19-14-28(3)26-17(19)2/h12-14,18H,4-11,15H2,1-3H3. The van der Waals surface area contributed by atoms with E-state index in [1.54, 1.807) is 0 Å². The largest absolute Gasteiger partial charge is 0.378 e. The van der Waals surface area contributed by atoms with Crippen molar-refractivity contribution in [2.75, 3.05) is 44.3 Å². The fourth-order valence-electron chi connectivity index (χ4n) is 4.70. The van der Waals surface area contributed by atoms with Crippen LogP contribution in [0, 0.1) is 13.8 Å². The maximum atomic E-state index is 5.60. The number of hydrogen-bond acceptors (Lipinski definition) is 8. The van der Waals surface area contributed by atoms with Crippen molar-refractivity contribution in [2.45, 2.75) is 39.2 Å². The van der Waals surface area contributed by atoms with E-state index < -0.39 is 0 Å². The number of likely N-dealkylation sites (tertiary alicyclic amines) is 1. The highest BCUT2D eigenvalue weighted by molar-refractivity contribution is 5.61. The molecule has 0 amide bonds. The monoisotopic (exact) mass is 437 g/mol. The van der Waals surface area contributed by atoms with E-state index in [4.69, 9.17) is 14.2 Å². The summed E-state index contributed by atoms with van der Waals surface area (Å²) in [5, 5.41) is 8.57. The van der Waals surface area contributed by atoms with Crippen LogP contribution in [0.2, 0.25) is 0 Å². The number of rotatable bonds is 5. The normalized spacial score (nSPS) is 18.4. The lowest BCUT2D eigenvalue weighted by molar-refractivity contribution is 0.122. The average molecular weight is 438 g/mol. The summed E-state index contributed by atoms with van der Waals surface area (Å²) in [5.41, 5.74) is 5.33. The second-order valence-corrected chi connectivity index (χ2v) is 8.86. The van der Waals surface area contributed by atoms with Crippen molar-refractivity contribution in [3.05, 3.63) is 41.1 Å². The second kappa shape index (κ2) is 8.99. The van der Waals surface area contributed by atoms with Gasteiger partial charge in [-0.15, -0.1) is 0 Å². The van der Waals surface area contributed by atoms with E-state index in [2.05, 4.69) is 38.2 Å². The van der Waals surface area contributed by atoms with Gasteiger partial charge in [0.15, 0.2) is 5.76 Å². The Labute approximate surface area is 188 Å². The van der Waals surface area contributed by atoms with Crippen LogP contribution in [0.4, 0.5) is 5.95 Å². The molecule has 2 fully saturated rings. The maximum Gasteiger partial charge on any atom is 0.225 e. The first kappa shape index (κ1) is 21.1. The summed E-state index contributed by atoms with van der Waals surface area (Å²) < 4.78 is 13.0. The molecular formula is C23H31N7O2. The summed E-state index contributed by atoms with van der Waals surface area (Å²) in [5.74, 6) is 1.90. The van der Waals surface area contributed by atoms with Crippen molar-refractivity contribution in [1.82, 2.24) is 29.8 Å². The van der Waals surface area contributed by atoms with Gasteiger partial charge in [0.05, 0.1) is 35.9 Å². The summed E-state index contributed by atoms with van der Waals surface area (Å²) >= 11 is 0. The van der Waals surface area contributed by atoms with Crippen LogP contribution in [0.3, 0.4) is 0 Å². The van der Waals surface area contributed by atoms with E-state index in [0.717, 1.165) is 79.9 Å². The molecule has 0 saturated carbocycles. The summed E-state index contributed by atoms with van der Waals surface area (Å²) in [4.78, 5) is 14.5. The van der Waals surface area contributed by atoms with E-state index in [-0.39, 0.29) is 0 Å². The molecule has 5 rings (SSSR count). The molecule has 3 aromatic heterocycles. The minimum absolute atomic E-state index is 0.365. The quantitative estimate of drug-likeness (QED) is 0.602. The van der Waals surface area contributed by atoms with Gasteiger partial charge in [-0.05, 0) is 39.8 Å². The number of piperidine rings is 1. The number of aryl methyl sites for hydroxylation is 3. The van der Waals surface area contributed by atoms with Gasteiger partial charge in [0.2, 0.25) is 5.95 Å². The highest BCUT2D eigenvalue weighted by Gasteiger charge is 2.27. The first-order valence-electron chi connectivity index (χ1n) is 11.4. The van der Waals surface area contributed by atoms with Crippen molar-refractivity contribution < 1.29 is 9.26 Å². The van der Waals surface area contributed by atoms with E-state index in [9.17, 15) is 0 Å². The van der Waals surface area contributed by atoms with Gasteiger partial charge in [0.1, 0.15) is 0 Å². The number of aromatic nitrogens is 5. The molecule has 0 bridgehead atoms. The number of ether oxygens (including phenoxy) is 1. The number of morpholine rings is 1. The van der Waals surface area contributed by atoms with Crippen LogP contribution in [0.25, 0.3) is 11.3 Å². The Morgan fingerprint density at radius 1 is 1.09 bits per heavy atom. The molecule has 2 aliphatic heterocycles. The highest BCUT2D eigenvalue weighted by Crippen LogP contribution is 2.35. The topological polar surface area (TPSA) is 85.3 Å². The molecular weight excluding hydrogens is 406 g/mol. The highest BCUT2D eigenvalue weighted by atomic mass is 16.5. The van der Waals surface area contributed by atoms with Crippen LogP contribution >= 0.6 is 0 Å². The third kappa shape index (κ3) is 4.40. The van der Waals surface area contributed by atoms with Crippen LogP contribution < -0.4 is 4.90 Å². The van der Waals surface area contributed by atoms with Gasteiger partial charge in [-0.3, -0.25) is 9.58 Å². The number of hydrogen-bond donors (Lipinski definition) is 0. The van der Waals surface area contributed by atoms with Crippen LogP contribution in [0.1, 0.15) is 41.4 Å². The molecule has 9 heteroatoms. The van der Waals surface area contributed by atoms with Gasteiger partial charge in [-0.1, -0.05) is 5.16 Å². The zero-order valence-corrected chi connectivity index (χ0v) is 19.1. The molecule has 32 heavy (non-hydrogen) atoms. The molecule has 2 saturated heterocycles. The third-order valence-electron chi connectivity index (χ3n) is 6.48. The molecule has 5 heterocycles. The lowest BCUT2D eigenvalue weighted by Crippen LogP contribution is -2.38. The molecule has 3 aromatic rings. The number of nitrogens with zero attached hydrogens (tertiary/aromatic N) is 7.